The van der Waals surface area contributed by atoms with Gasteiger partial charge in [0, 0.05) is 28.2 Å². The van der Waals surface area contributed by atoms with Gasteiger partial charge in [0.15, 0.2) is 5.54 Å². The van der Waals surface area contributed by atoms with Crippen LogP contribution in [0.3, 0.4) is 0 Å². The minimum absolute atomic E-state index is 0.204. The Balaban J connectivity index is 1.77. The third-order valence-electron chi connectivity index (χ3n) is 5.46. The van der Waals surface area contributed by atoms with E-state index in [1.165, 1.54) is 0 Å². The predicted molar refractivity (Wildman–Crippen MR) is 95.5 cm³/mol. The molecule has 2 atom stereocenters. The van der Waals surface area contributed by atoms with Crippen LogP contribution in [0.15, 0.2) is 48.5 Å². The smallest absolute Gasteiger partial charge is 0.356 e. The average Bonchev–Trinajstić information content (AvgIpc) is 3.11. The molecule has 3 N–H and O–H groups in total. The molecule has 1 aromatic heterocycles. The van der Waals surface area contributed by atoms with Crippen LogP contribution in [-0.4, -0.2) is 23.1 Å². The molecule has 0 saturated heterocycles. The third-order valence-corrected chi connectivity index (χ3v) is 5.46. The number of aromatic nitrogens is 1. The van der Waals surface area contributed by atoms with E-state index in [0.29, 0.717) is 16.9 Å². The predicted octanol–water partition coefficient (Wildman–Crippen LogP) is 3.83. The maximum atomic E-state index is 13.2. The lowest BCUT2D eigenvalue weighted by Crippen LogP contribution is -2.58. The first kappa shape index (κ1) is 16.4. The molecule has 7 heteroatoms. The average molecular weight is 371 g/mol. The van der Waals surface area contributed by atoms with Gasteiger partial charge in [-0.1, -0.05) is 36.4 Å². The topological polar surface area (TPSA) is 56.9 Å². The van der Waals surface area contributed by atoms with Crippen LogP contribution in [0.5, 0.6) is 0 Å². The van der Waals surface area contributed by atoms with E-state index in [9.17, 15) is 18.0 Å². The Hall–Kier alpha value is -2.80. The molecule has 0 fully saturated rings. The highest BCUT2D eigenvalue weighted by Crippen LogP contribution is 2.47. The Kier molecular flexibility index (Phi) is 3.25. The van der Waals surface area contributed by atoms with Crippen molar-refractivity contribution in [3.05, 3.63) is 65.4 Å². The number of carbonyl (C=O) groups is 1. The first-order valence-corrected chi connectivity index (χ1v) is 8.74. The number of nitrogens with one attached hydrogen (secondary N) is 3. The van der Waals surface area contributed by atoms with Crippen LogP contribution in [0.25, 0.3) is 10.9 Å². The molecule has 2 aromatic carbocycles. The van der Waals surface area contributed by atoms with Crippen LogP contribution in [0.2, 0.25) is 0 Å². The van der Waals surface area contributed by atoms with Gasteiger partial charge in [0.1, 0.15) is 0 Å². The number of benzene rings is 2. The SMILES string of the molecule is O=C1Nc2ccccc2C12NC(CC(F)(F)F)Cc1c2[nH]c2ccccc12. The lowest BCUT2D eigenvalue weighted by Gasteiger charge is -2.38. The summed E-state index contributed by atoms with van der Waals surface area (Å²) >= 11 is 0. The zero-order chi connectivity index (χ0) is 18.8. The summed E-state index contributed by atoms with van der Waals surface area (Å²) in [4.78, 5) is 16.4. The maximum absolute atomic E-state index is 13.2. The highest BCUT2D eigenvalue weighted by Gasteiger charge is 2.54. The normalized spacial score (nSPS) is 24.1. The van der Waals surface area contributed by atoms with Gasteiger partial charge in [-0.25, -0.2) is 0 Å². The van der Waals surface area contributed by atoms with Gasteiger partial charge in [0.25, 0.3) is 5.91 Å². The van der Waals surface area contributed by atoms with Gasteiger partial charge >= 0.3 is 6.18 Å². The number of amides is 1. The number of aromatic amines is 1. The molecule has 138 valence electrons. The van der Waals surface area contributed by atoms with E-state index < -0.39 is 24.2 Å². The van der Waals surface area contributed by atoms with Crippen LogP contribution >= 0.6 is 0 Å². The van der Waals surface area contributed by atoms with E-state index in [0.717, 1.165) is 16.5 Å². The molecule has 2 unspecified atom stereocenters. The fourth-order valence-corrected chi connectivity index (χ4v) is 4.46. The molecule has 2 aliphatic heterocycles. The van der Waals surface area contributed by atoms with Crippen LogP contribution in [0, 0.1) is 0 Å². The summed E-state index contributed by atoms with van der Waals surface area (Å²) in [5.41, 5.74) is 2.13. The summed E-state index contributed by atoms with van der Waals surface area (Å²) < 4.78 is 39.5. The fourth-order valence-electron chi connectivity index (χ4n) is 4.46. The molecule has 2 aliphatic rings. The molecule has 27 heavy (non-hydrogen) atoms. The summed E-state index contributed by atoms with van der Waals surface area (Å²) in [7, 11) is 0. The van der Waals surface area contributed by atoms with E-state index in [2.05, 4.69) is 15.6 Å². The summed E-state index contributed by atoms with van der Waals surface area (Å²) in [5, 5.41) is 6.73. The van der Waals surface area contributed by atoms with Crippen molar-refractivity contribution < 1.29 is 18.0 Å². The molecule has 1 spiro atoms. The first-order valence-electron chi connectivity index (χ1n) is 8.74. The van der Waals surface area contributed by atoms with E-state index >= 15 is 0 Å². The Morgan fingerprint density at radius 3 is 2.63 bits per heavy atom. The lowest BCUT2D eigenvalue weighted by molar-refractivity contribution is -0.143. The zero-order valence-corrected chi connectivity index (χ0v) is 14.2. The van der Waals surface area contributed by atoms with Gasteiger partial charge < -0.3 is 10.3 Å². The molecular weight excluding hydrogens is 355 g/mol. The zero-order valence-electron chi connectivity index (χ0n) is 14.2. The van der Waals surface area contributed by atoms with E-state index in [-0.39, 0.29) is 12.3 Å². The van der Waals surface area contributed by atoms with Gasteiger partial charge in [0.05, 0.1) is 12.1 Å². The molecule has 3 heterocycles. The Labute approximate surface area is 152 Å². The Morgan fingerprint density at radius 1 is 1.07 bits per heavy atom. The molecule has 0 saturated carbocycles. The number of hydrogen-bond donors (Lipinski definition) is 3. The Morgan fingerprint density at radius 2 is 1.81 bits per heavy atom. The number of carbonyl (C=O) groups excluding carboxylic acids is 1. The van der Waals surface area contributed by atoms with Gasteiger partial charge in [-0.2, -0.15) is 13.2 Å². The van der Waals surface area contributed by atoms with Crippen LogP contribution in [-0.2, 0) is 16.8 Å². The number of alkyl halides is 3. The fraction of sp³-hybridized carbons (Fsp3) is 0.250. The van der Waals surface area contributed by atoms with Gasteiger partial charge in [0.2, 0.25) is 0 Å². The molecular formula is C20H16F3N3O. The van der Waals surface area contributed by atoms with Crippen molar-refractivity contribution in [3.8, 4) is 0 Å². The molecule has 0 radical (unpaired) electrons. The first-order chi connectivity index (χ1) is 12.9. The largest absolute Gasteiger partial charge is 0.390 e. The summed E-state index contributed by atoms with van der Waals surface area (Å²) in [6.45, 7) is 0. The van der Waals surface area contributed by atoms with E-state index in [4.69, 9.17) is 0 Å². The van der Waals surface area contributed by atoms with Crippen LogP contribution in [0.1, 0.15) is 23.2 Å². The summed E-state index contributed by atoms with van der Waals surface area (Å²) in [5.74, 6) is -0.358. The van der Waals surface area contributed by atoms with Crippen molar-refractivity contribution in [1.82, 2.24) is 10.3 Å². The van der Waals surface area contributed by atoms with Crippen molar-refractivity contribution in [3.63, 3.8) is 0 Å². The molecule has 3 aromatic rings. The summed E-state index contributed by atoms with van der Waals surface area (Å²) in [6, 6.07) is 13.7. The minimum atomic E-state index is -4.32. The second-order valence-corrected chi connectivity index (χ2v) is 7.14. The molecule has 1 amide bonds. The standard InChI is InChI=1S/C20H16F3N3O/c21-19(22,23)10-11-9-13-12-5-1-3-7-15(12)24-17(13)20(26-11)14-6-2-4-8-16(14)25-18(20)27/h1-8,11,24,26H,9-10H2,(H,25,27). The van der Waals surface area contributed by atoms with Crippen LogP contribution < -0.4 is 10.6 Å². The number of para-hydroxylation sites is 2. The number of anilines is 1. The third kappa shape index (κ3) is 2.31. The second-order valence-electron chi connectivity index (χ2n) is 7.14. The van der Waals surface area contributed by atoms with E-state index in [1.54, 1.807) is 24.3 Å². The highest BCUT2D eigenvalue weighted by molar-refractivity contribution is 6.09. The second kappa shape index (κ2) is 5.36. The van der Waals surface area contributed by atoms with Crippen molar-refractivity contribution >= 4 is 22.5 Å². The van der Waals surface area contributed by atoms with Gasteiger partial charge in [-0.05, 0) is 24.1 Å². The van der Waals surface area contributed by atoms with Crippen LogP contribution in [0.4, 0.5) is 18.9 Å². The lowest BCUT2D eigenvalue weighted by atomic mass is 9.79. The monoisotopic (exact) mass is 371 g/mol. The molecule has 4 nitrogen and oxygen atoms in total. The molecule has 5 rings (SSSR count). The van der Waals surface area contributed by atoms with Crippen molar-refractivity contribution in [2.75, 3.05) is 5.32 Å². The number of rotatable bonds is 1. The number of halogens is 3. The Bertz CT molecular complexity index is 1070. The number of H-pyrrole nitrogens is 1. The number of fused-ring (bicyclic) bond motifs is 6. The van der Waals surface area contributed by atoms with E-state index in [1.807, 2.05) is 24.3 Å². The maximum Gasteiger partial charge on any atom is 0.390 e. The molecule has 0 aliphatic carbocycles. The highest BCUT2D eigenvalue weighted by atomic mass is 19.4. The van der Waals surface area contributed by atoms with Crippen molar-refractivity contribution in [2.45, 2.75) is 30.6 Å². The number of hydrogen-bond acceptors (Lipinski definition) is 2. The van der Waals surface area contributed by atoms with Gasteiger partial charge in [-0.3, -0.25) is 10.1 Å². The minimum Gasteiger partial charge on any atom is -0.356 e. The molecule has 0 bridgehead atoms. The van der Waals surface area contributed by atoms with Crippen molar-refractivity contribution in [2.24, 2.45) is 0 Å². The van der Waals surface area contributed by atoms with Crippen molar-refractivity contribution in [1.29, 1.82) is 0 Å². The quantitative estimate of drug-likeness (QED) is 0.609. The summed E-state index contributed by atoms with van der Waals surface area (Å²) in [6.07, 6.45) is -5.11. The van der Waals surface area contributed by atoms with Gasteiger partial charge in [-0.15, -0.1) is 0 Å².